The van der Waals surface area contributed by atoms with Gasteiger partial charge >= 0.3 is 5.97 Å². The van der Waals surface area contributed by atoms with Crippen LogP contribution >= 0.6 is 0 Å². The van der Waals surface area contributed by atoms with Gasteiger partial charge in [0.1, 0.15) is 18.1 Å². The van der Waals surface area contributed by atoms with Crippen molar-refractivity contribution < 1.29 is 14.3 Å². The van der Waals surface area contributed by atoms with Gasteiger partial charge in [0.2, 0.25) is 0 Å². The predicted octanol–water partition coefficient (Wildman–Crippen LogP) is 1.95. The van der Waals surface area contributed by atoms with Crippen LogP contribution in [0, 0.1) is 0 Å². The Morgan fingerprint density at radius 1 is 1.24 bits per heavy atom. The second-order valence-electron chi connectivity index (χ2n) is 4.21. The second-order valence-corrected chi connectivity index (χ2v) is 4.21. The van der Waals surface area contributed by atoms with Gasteiger partial charge in [-0.2, -0.15) is 0 Å². The number of anilines is 2. The second kappa shape index (κ2) is 7.25. The SMILES string of the molecule is COC(=O)c1cc(Nc2ccc(OCCN)cc2)ccn1. The Bertz CT molecular complexity index is 599. The highest BCUT2D eigenvalue weighted by atomic mass is 16.5. The number of pyridine rings is 1. The van der Waals surface area contributed by atoms with Gasteiger partial charge in [-0.3, -0.25) is 0 Å². The van der Waals surface area contributed by atoms with Crippen molar-refractivity contribution in [3.8, 4) is 5.75 Å². The van der Waals surface area contributed by atoms with E-state index >= 15 is 0 Å². The quantitative estimate of drug-likeness (QED) is 0.790. The topological polar surface area (TPSA) is 86.5 Å². The monoisotopic (exact) mass is 287 g/mol. The van der Waals surface area contributed by atoms with Gasteiger partial charge in [-0.25, -0.2) is 9.78 Å². The third-order valence-corrected chi connectivity index (χ3v) is 2.68. The molecule has 0 spiro atoms. The summed E-state index contributed by atoms with van der Waals surface area (Å²) in [5.74, 6) is 0.292. The molecule has 21 heavy (non-hydrogen) atoms. The Kier molecular flexibility index (Phi) is 5.11. The summed E-state index contributed by atoms with van der Waals surface area (Å²) in [6.07, 6.45) is 1.55. The molecule has 2 aromatic rings. The maximum Gasteiger partial charge on any atom is 0.356 e. The molecule has 0 amide bonds. The van der Waals surface area contributed by atoms with E-state index in [4.69, 9.17) is 10.5 Å². The minimum Gasteiger partial charge on any atom is -0.492 e. The molecular formula is C15H17N3O3. The largest absolute Gasteiger partial charge is 0.492 e. The van der Waals surface area contributed by atoms with Crippen LogP contribution in [-0.4, -0.2) is 31.2 Å². The number of nitrogens with one attached hydrogen (secondary N) is 1. The van der Waals surface area contributed by atoms with Crippen LogP contribution in [0.25, 0.3) is 0 Å². The van der Waals surface area contributed by atoms with Crippen molar-refractivity contribution in [3.05, 3.63) is 48.3 Å². The molecule has 6 nitrogen and oxygen atoms in total. The van der Waals surface area contributed by atoms with E-state index in [2.05, 4.69) is 15.0 Å². The van der Waals surface area contributed by atoms with Crippen LogP contribution in [0.2, 0.25) is 0 Å². The summed E-state index contributed by atoms with van der Waals surface area (Å²) < 4.78 is 10.0. The van der Waals surface area contributed by atoms with Crippen molar-refractivity contribution in [1.29, 1.82) is 0 Å². The Morgan fingerprint density at radius 2 is 2.00 bits per heavy atom. The third kappa shape index (κ3) is 4.19. The van der Waals surface area contributed by atoms with Gasteiger partial charge in [0.25, 0.3) is 0 Å². The first-order valence-corrected chi connectivity index (χ1v) is 6.47. The molecule has 0 fully saturated rings. The van der Waals surface area contributed by atoms with Crippen molar-refractivity contribution in [2.24, 2.45) is 5.73 Å². The van der Waals surface area contributed by atoms with Crippen LogP contribution in [0.15, 0.2) is 42.6 Å². The lowest BCUT2D eigenvalue weighted by atomic mass is 10.2. The van der Waals surface area contributed by atoms with Crippen LogP contribution in [0.5, 0.6) is 5.75 Å². The normalized spacial score (nSPS) is 10.0. The smallest absolute Gasteiger partial charge is 0.356 e. The number of carbonyl (C=O) groups is 1. The number of ether oxygens (including phenoxy) is 2. The van der Waals surface area contributed by atoms with E-state index in [0.717, 1.165) is 17.1 Å². The molecule has 1 heterocycles. The van der Waals surface area contributed by atoms with Crippen molar-refractivity contribution in [1.82, 2.24) is 4.98 Å². The van der Waals surface area contributed by atoms with Gasteiger partial charge in [0.15, 0.2) is 0 Å². The molecule has 0 saturated heterocycles. The molecule has 6 heteroatoms. The highest BCUT2D eigenvalue weighted by Crippen LogP contribution is 2.20. The van der Waals surface area contributed by atoms with Crippen molar-refractivity contribution in [2.45, 2.75) is 0 Å². The molecule has 0 bridgehead atoms. The maximum absolute atomic E-state index is 11.4. The Balaban J connectivity index is 2.06. The molecule has 2 rings (SSSR count). The molecule has 0 unspecified atom stereocenters. The first kappa shape index (κ1) is 14.8. The van der Waals surface area contributed by atoms with Gasteiger partial charge in [-0.05, 0) is 36.4 Å². The number of benzene rings is 1. The lowest BCUT2D eigenvalue weighted by Gasteiger charge is -2.09. The fraction of sp³-hybridized carbons (Fsp3) is 0.200. The summed E-state index contributed by atoms with van der Waals surface area (Å²) in [6.45, 7) is 0.965. The molecule has 0 radical (unpaired) electrons. The molecule has 110 valence electrons. The zero-order chi connectivity index (χ0) is 15.1. The number of aromatic nitrogens is 1. The van der Waals surface area contributed by atoms with Crippen LogP contribution < -0.4 is 15.8 Å². The summed E-state index contributed by atoms with van der Waals surface area (Å²) >= 11 is 0. The van der Waals surface area contributed by atoms with E-state index in [0.29, 0.717) is 13.2 Å². The number of nitrogens with zero attached hydrogens (tertiary/aromatic N) is 1. The lowest BCUT2D eigenvalue weighted by Crippen LogP contribution is -2.10. The van der Waals surface area contributed by atoms with Gasteiger partial charge in [0.05, 0.1) is 7.11 Å². The Hall–Kier alpha value is -2.60. The molecule has 1 aromatic heterocycles. The third-order valence-electron chi connectivity index (χ3n) is 2.68. The lowest BCUT2D eigenvalue weighted by molar-refractivity contribution is 0.0594. The zero-order valence-electron chi connectivity index (χ0n) is 11.7. The highest BCUT2D eigenvalue weighted by molar-refractivity contribution is 5.88. The number of rotatable bonds is 6. The number of esters is 1. The van der Waals surface area contributed by atoms with E-state index in [1.54, 1.807) is 18.3 Å². The van der Waals surface area contributed by atoms with E-state index in [1.165, 1.54) is 7.11 Å². The van der Waals surface area contributed by atoms with Gasteiger partial charge < -0.3 is 20.5 Å². The van der Waals surface area contributed by atoms with Gasteiger partial charge in [-0.15, -0.1) is 0 Å². The van der Waals surface area contributed by atoms with E-state index in [9.17, 15) is 4.79 Å². The standard InChI is InChI=1S/C15H17N3O3/c1-20-15(19)14-10-12(6-8-17-14)18-11-2-4-13(5-3-11)21-9-7-16/h2-6,8,10H,7,9,16H2,1H3,(H,17,18). The summed E-state index contributed by atoms with van der Waals surface area (Å²) in [6, 6.07) is 10.9. The molecule has 3 N–H and O–H groups in total. The molecule has 0 aliphatic heterocycles. The first-order valence-electron chi connectivity index (χ1n) is 6.47. The highest BCUT2D eigenvalue weighted by Gasteiger charge is 2.07. The molecule has 0 aliphatic carbocycles. The first-order chi connectivity index (χ1) is 10.2. The van der Waals surface area contributed by atoms with Crippen molar-refractivity contribution >= 4 is 17.3 Å². The Labute approximate surface area is 122 Å². The van der Waals surface area contributed by atoms with Crippen LogP contribution in [-0.2, 0) is 4.74 Å². The molecule has 1 aromatic carbocycles. The minimum atomic E-state index is -0.468. The average molecular weight is 287 g/mol. The molecule has 0 aliphatic rings. The van der Waals surface area contributed by atoms with Gasteiger partial charge in [-0.1, -0.05) is 0 Å². The fourth-order valence-corrected chi connectivity index (χ4v) is 1.70. The van der Waals surface area contributed by atoms with Crippen molar-refractivity contribution in [2.75, 3.05) is 25.6 Å². The van der Waals surface area contributed by atoms with E-state index in [-0.39, 0.29) is 5.69 Å². The van der Waals surface area contributed by atoms with E-state index < -0.39 is 5.97 Å². The number of methoxy groups -OCH3 is 1. The average Bonchev–Trinajstić information content (AvgIpc) is 2.53. The number of carbonyl (C=O) groups excluding carboxylic acids is 1. The van der Waals surface area contributed by atoms with Crippen LogP contribution in [0.3, 0.4) is 0 Å². The summed E-state index contributed by atoms with van der Waals surface area (Å²) in [5, 5.41) is 3.18. The predicted molar refractivity (Wildman–Crippen MR) is 79.9 cm³/mol. The van der Waals surface area contributed by atoms with Crippen LogP contribution in [0.1, 0.15) is 10.5 Å². The number of nitrogens with two attached hydrogens (primary N) is 1. The summed E-state index contributed by atoms with van der Waals surface area (Å²) in [5.41, 5.74) is 7.26. The van der Waals surface area contributed by atoms with Crippen LogP contribution in [0.4, 0.5) is 11.4 Å². The number of hydrogen-bond donors (Lipinski definition) is 2. The molecular weight excluding hydrogens is 270 g/mol. The molecule has 0 saturated carbocycles. The Morgan fingerprint density at radius 3 is 2.67 bits per heavy atom. The van der Waals surface area contributed by atoms with E-state index in [1.807, 2.05) is 24.3 Å². The minimum absolute atomic E-state index is 0.255. The van der Waals surface area contributed by atoms with Gasteiger partial charge in [0, 0.05) is 24.1 Å². The fourth-order valence-electron chi connectivity index (χ4n) is 1.70. The van der Waals surface area contributed by atoms with Crippen molar-refractivity contribution in [3.63, 3.8) is 0 Å². The maximum atomic E-state index is 11.4. The molecule has 0 atom stereocenters. The summed E-state index contributed by atoms with van der Waals surface area (Å²) in [7, 11) is 1.32. The summed E-state index contributed by atoms with van der Waals surface area (Å²) in [4.78, 5) is 15.4. The zero-order valence-corrected chi connectivity index (χ0v) is 11.7. The number of hydrogen-bond acceptors (Lipinski definition) is 6.